The van der Waals surface area contributed by atoms with Gasteiger partial charge in [0.2, 0.25) is 5.95 Å². The molecule has 3 rings (SSSR count). The molecule has 0 amide bonds. The van der Waals surface area contributed by atoms with E-state index in [-0.39, 0.29) is 36.0 Å². The minimum atomic E-state index is -0.340. The summed E-state index contributed by atoms with van der Waals surface area (Å²) in [6.07, 6.45) is 3.17. The maximum absolute atomic E-state index is 11.7. The predicted molar refractivity (Wildman–Crippen MR) is 94.7 cm³/mol. The number of anilines is 1. The van der Waals surface area contributed by atoms with E-state index < -0.39 is 0 Å². The second-order valence-electron chi connectivity index (χ2n) is 5.24. The van der Waals surface area contributed by atoms with Crippen LogP contribution in [0.5, 0.6) is 0 Å². The zero-order chi connectivity index (χ0) is 19.5. The number of nitrogens with zero attached hydrogens (tertiary/aromatic N) is 3. The van der Waals surface area contributed by atoms with Gasteiger partial charge in [0, 0.05) is 21.3 Å². The minimum Gasteiger partial charge on any atom is -0.400 e. The second kappa shape index (κ2) is 11.5. The number of methoxy groups -OCH3 is 2. The highest BCUT2D eigenvalue weighted by Crippen LogP contribution is 2.29. The monoisotopic (exact) mass is 373 g/mol. The van der Waals surface area contributed by atoms with Gasteiger partial charge in [-0.2, -0.15) is 4.98 Å². The van der Waals surface area contributed by atoms with Crippen LogP contribution in [0.1, 0.15) is 19.1 Å². The van der Waals surface area contributed by atoms with Crippen molar-refractivity contribution in [2.75, 3.05) is 46.9 Å². The number of nitrogens with two attached hydrogens (primary N) is 1. The highest BCUT2D eigenvalue weighted by atomic mass is 16.5. The summed E-state index contributed by atoms with van der Waals surface area (Å²) in [6, 6.07) is 0. The average molecular weight is 373 g/mol. The second-order valence-corrected chi connectivity index (χ2v) is 5.24. The molecule has 5 N–H and O–H groups in total. The maximum Gasteiger partial charge on any atom is 0.280 e. The molecule has 11 heteroatoms. The zero-order valence-corrected chi connectivity index (χ0v) is 15.2. The molecular formula is C15H27N5O6. The van der Waals surface area contributed by atoms with Gasteiger partial charge in [-0.05, 0) is 12.8 Å². The number of hydrogen-bond acceptors (Lipinski definition) is 9. The third-order valence-corrected chi connectivity index (χ3v) is 3.49. The highest BCUT2D eigenvalue weighted by Gasteiger charge is 2.28. The molecule has 0 aliphatic carbocycles. The highest BCUT2D eigenvalue weighted by molar-refractivity contribution is 5.70. The Balaban J connectivity index is 0.000000420. The van der Waals surface area contributed by atoms with Crippen molar-refractivity contribution in [2.45, 2.75) is 25.2 Å². The molecule has 1 aliphatic rings. The van der Waals surface area contributed by atoms with E-state index >= 15 is 0 Å². The summed E-state index contributed by atoms with van der Waals surface area (Å²) in [5, 5.41) is 14.9. The fourth-order valence-electron chi connectivity index (χ4n) is 2.44. The first-order chi connectivity index (χ1) is 12.6. The lowest BCUT2D eigenvalue weighted by atomic mass is 10.2. The van der Waals surface area contributed by atoms with Gasteiger partial charge < -0.3 is 30.2 Å². The van der Waals surface area contributed by atoms with Gasteiger partial charge in [-0.25, -0.2) is 4.98 Å². The van der Waals surface area contributed by atoms with E-state index in [0.717, 1.165) is 20.0 Å². The normalized spacial score (nSPS) is 18.8. The number of hydrogen-bond donors (Lipinski definition) is 4. The largest absolute Gasteiger partial charge is 0.400 e. The number of aromatic amines is 1. The molecule has 0 radical (unpaired) electrons. The number of nitrogens with one attached hydrogen (secondary N) is 1. The number of nitrogen functional groups attached to an aromatic ring is 1. The summed E-state index contributed by atoms with van der Waals surface area (Å²) in [7, 11) is 4.20. The molecule has 11 nitrogen and oxygen atoms in total. The first-order valence-electron chi connectivity index (χ1n) is 8.02. The smallest absolute Gasteiger partial charge is 0.280 e. The summed E-state index contributed by atoms with van der Waals surface area (Å²) < 4.78 is 17.1. The molecule has 148 valence electrons. The Hall–Kier alpha value is -2.05. The van der Waals surface area contributed by atoms with Gasteiger partial charge in [-0.3, -0.25) is 14.3 Å². The van der Waals surface area contributed by atoms with Gasteiger partial charge in [0.25, 0.3) is 5.56 Å². The Morgan fingerprint density at radius 1 is 1.38 bits per heavy atom. The Labute approximate surface area is 150 Å². The number of aliphatic hydroxyl groups is 2. The van der Waals surface area contributed by atoms with Gasteiger partial charge in [-0.15, -0.1) is 0 Å². The van der Waals surface area contributed by atoms with Gasteiger partial charge >= 0.3 is 0 Å². The van der Waals surface area contributed by atoms with Crippen LogP contribution in [0.4, 0.5) is 5.95 Å². The van der Waals surface area contributed by atoms with Crippen LogP contribution in [0.3, 0.4) is 0 Å². The van der Waals surface area contributed by atoms with Gasteiger partial charge in [0.15, 0.2) is 11.2 Å². The molecule has 2 atom stereocenters. The maximum atomic E-state index is 11.7. The average Bonchev–Trinajstić information content (AvgIpc) is 3.25. The van der Waals surface area contributed by atoms with Crippen LogP contribution >= 0.6 is 0 Å². The van der Waals surface area contributed by atoms with Crippen LogP contribution in [0.15, 0.2) is 11.1 Å². The Bertz CT molecular complexity index is 701. The summed E-state index contributed by atoms with van der Waals surface area (Å²) in [6.45, 7) is 1.12. The quantitative estimate of drug-likeness (QED) is 0.529. The summed E-state index contributed by atoms with van der Waals surface area (Å²) in [5.41, 5.74) is 5.94. The minimum absolute atomic E-state index is 0.0618. The van der Waals surface area contributed by atoms with E-state index in [1.165, 1.54) is 0 Å². The van der Waals surface area contributed by atoms with Crippen LogP contribution in [-0.4, -0.2) is 77.0 Å². The topological polar surface area (TPSA) is 158 Å². The molecular weight excluding hydrogens is 346 g/mol. The number of aliphatic hydroxyl groups excluding tert-OH is 2. The molecule has 0 aromatic carbocycles. The van der Waals surface area contributed by atoms with Crippen molar-refractivity contribution < 1.29 is 24.4 Å². The first-order valence-corrected chi connectivity index (χ1v) is 8.02. The van der Waals surface area contributed by atoms with Crippen molar-refractivity contribution in [3.05, 3.63) is 16.7 Å². The van der Waals surface area contributed by atoms with Crippen LogP contribution in [0, 0.1) is 0 Å². The molecule has 1 fully saturated rings. The van der Waals surface area contributed by atoms with Gasteiger partial charge in [-0.1, -0.05) is 0 Å². The fourth-order valence-corrected chi connectivity index (χ4v) is 2.44. The Morgan fingerprint density at radius 3 is 2.69 bits per heavy atom. The van der Waals surface area contributed by atoms with Crippen LogP contribution in [0.2, 0.25) is 0 Å². The molecule has 26 heavy (non-hydrogen) atoms. The number of fused-ring (bicyclic) bond motifs is 1. The number of H-pyrrole nitrogens is 1. The first kappa shape index (κ1) is 22.0. The van der Waals surface area contributed by atoms with Crippen LogP contribution < -0.4 is 11.3 Å². The molecule has 3 heterocycles. The van der Waals surface area contributed by atoms with Gasteiger partial charge in [0.05, 0.1) is 32.3 Å². The number of imidazole rings is 1. The van der Waals surface area contributed by atoms with E-state index in [4.69, 9.17) is 25.4 Å². The van der Waals surface area contributed by atoms with Crippen molar-refractivity contribution in [2.24, 2.45) is 0 Å². The van der Waals surface area contributed by atoms with Crippen LogP contribution in [0.25, 0.3) is 11.2 Å². The van der Waals surface area contributed by atoms with Crippen molar-refractivity contribution in [1.29, 1.82) is 0 Å². The molecule has 2 unspecified atom stereocenters. The summed E-state index contributed by atoms with van der Waals surface area (Å²) in [4.78, 5) is 22.3. The lowest BCUT2D eigenvalue weighted by Gasteiger charge is -2.14. The summed E-state index contributed by atoms with van der Waals surface area (Å²) >= 11 is 0. The number of ether oxygens (including phenoxy) is 3. The molecule has 2 aromatic heterocycles. The molecule has 1 aliphatic heterocycles. The van der Waals surface area contributed by atoms with Gasteiger partial charge in [0.1, 0.15) is 6.23 Å². The van der Waals surface area contributed by atoms with Crippen molar-refractivity contribution in [1.82, 2.24) is 19.5 Å². The number of aromatic nitrogens is 4. The molecule has 0 spiro atoms. The van der Waals surface area contributed by atoms with Crippen LogP contribution in [-0.2, 0) is 14.2 Å². The number of rotatable bonds is 5. The van der Waals surface area contributed by atoms with E-state index in [1.807, 2.05) is 0 Å². The lowest BCUT2D eigenvalue weighted by Crippen LogP contribution is -2.16. The Kier molecular flexibility index (Phi) is 9.76. The SMILES string of the molecule is CO.COCC1CCC(n2cnc3c(=O)[nH]c(N)nc32)O1.COCCO. The van der Waals surface area contributed by atoms with Crippen molar-refractivity contribution >= 4 is 17.1 Å². The van der Waals surface area contributed by atoms with E-state index in [2.05, 4.69) is 19.7 Å². The summed E-state index contributed by atoms with van der Waals surface area (Å²) in [5.74, 6) is 0.0747. The third kappa shape index (κ3) is 5.75. The third-order valence-electron chi connectivity index (χ3n) is 3.49. The van der Waals surface area contributed by atoms with E-state index in [9.17, 15) is 4.79 Å². The Morgan fingerprint density at radius 2 is 2.12 bits per heavy atom. The van der Waals surface area contributed by atoms with Crippen molar-refractivity contribution in [3.8, 4) is 0 Å². The molecule has 0 bridgehead atoms. The van der Waals surface area contributed by atoms with E-state index in [0.29, 0.717) is 18.9 Å². The zero-order valence-electron chi connectivity index (χ0n) is 15.2. The predicted octanol–water partition coefficient (Wildman–Crippen LogP) is -0.741. The molecule has 0 saturated carbocycles. The van der Waals surface area contributed by atoms with Crippen molar-refractivity contribution in [3.63, 3.8) is 0 Å². The van der Waals surface area contributed by atoms with E-state index in [1.54, 1.807) is 25.1 Å². The fraction of sp³-hybridized carbons (Fsp3) is 0.667. The molecule has 1 saturated heterocycles. The lowest BCUT2D eigenvalue weighted by molar-refractivity contribution is -0.0300. The molecule has 2 aromatic rings. The standard InChI is InChI=1S/C11H15N5O3.C3H8O2.CH4O/c1-18-4-6-2-3-7(19-6)16-5-13-8-9(16)14-11(12)15-10(8)17;1-5-3-2-4;1-2/h5-7H,2-4H2,1H3,(H3,12,14,15,17);4H,2-3H2,1H3;2H,1H3.